The monoisotopic (exact) mass is 208 g/mol. The molecule has 14 heavy (non-hydrogen) atoms. The first-order valence-corrected chi connectivity index (χ1v) is 5.24. The van der Waals surface area contributed by atoms with E-state index in [4.69, 9.17) is 5.73 Å². The van der Waals surface area contributed by atoms with Crippen LogP contribution in [0.15, 0.2) is 11.4 Å². The van der Waals surface area contributed by atoms with Crippen molar-refractivity contribution >= 4 is 17.2 Å². The van der Waals surface area contributed by atoms with E-state index in [2.05, 4.69) is 10.1 Å². The zero-order valence-electron chi connectivity index (χ0n) is 8.19. The lowest BCUT2D eigenvalue weighted by Crippen LogP contribution is -2.04. The summed E-state index contributed by atoms with van der Waals surface area (Å²) in [6, 6.07) is 1.86. The number of aromatic nitrogens is 3. The Balaban J connectivity index is 2.22. The standard InChI is InChI=1S/C9H12N4S/c1-6-3-9(10)12-13(6)4-8-5-14-7(2)11-8/h3,5H,4H2,1-2H3,(H2,10,12). The third kappa shape index (κ3) is 1.77. The molecule has 0 fully saturated rings. The van der Waals surface area contributed by atoms with Crippen molar-refractivity contribution in [3.63, 3.8) is 0 Å². The van der Waals surface area contributed by atoms with Gasteiger partial charge in [-0.05, 0) is 13.8 Å². The molecule has 2 N–H and O–H groups in total. The number of nitrogens with zero attached hydrogens (tertiary/aromatic N) is 3. The van der Waals surface area contributed by atoms with E-state index in [1.165, 1.54) is 0 Å². The molecule has 0 saturated carbocycles. The average molecular weight is 208 g/mol. The Morgan fingerprint density at radius 3 is 2.79 bits per heavy atom. The number of hydrogen-bond acceptors (Lipinski definition) is 4. The van der Waals surface area contributed by atoms with Crippen LogP contribution in [0.25, 0.3) is 0 Å². The van der Waals surface area contributed by atoms with Crippen LogP contribution in [0, 0.1) is 13.8 Å². The number of thiazole rings is 1. The van der Waals surface area contributed by atoms with Crippen molar-refractivity contribution in [3.8, 4) is 0 Å². The van der Waals surface area contributed by atoms with Gasteiger partial charge in [-0.15, -0.1) is 11.3 Å². The molecule has 0 bridgehead atoms. The first-order valence-electron chi connectivity index (χ1n) is 4.36. The molecule has 0 aliphatic carbocycles. The maximum absolute atomic E-state index is 5.59. The molecule has 5 heteroatoms. The van der Waals surface area contributed by atoms with Gasteiger partial charge in [-0.1, -0.05) is 0 Å². The summed E-state index contributed by atoms with van der Waals surface area (Å²) < 4.78 is 1.86. The van der Waals surface area contributed by atoms with Gasteiger partial charge in [0.05, 0.1) is 17.2 Å². The summed E-state index contributed by atoms with van der Waals surface area (Å²) in [7, 11) is 0. The number of nitrogen functional groups attached to an aromatic ring is 1. The molecule has 0 spiro atoms. The highest BCUT2D eigenvalue weighted by atomic mass is 32.1. The highest BCUT2D eigenvalue weighted by molar-refractivity contribution is 7.09. The molecule has 2 aromatic heterocycles. The summed E-state index contributed by atoms with van der Waals surface area (Å²) >= 11 is 1.65. The second-order valence-electron chi connectivity index (χ2n) is 3.23. The van der Waals surface area contributed by atoms with Gasteiger partial charge in [-0.3, -0.25) is 4.68 Å². The number of nitrogens with two attached hydrogens (primary N) is 1. The molecule has 0 aromatic carbocycles. The Bertz CT molecular complexity index is 443. The van der Waals surface area contributed by atoms with Crippen molar-refractivity contribution in [2.75, 3.05) is 5.73 Å². The second kappa shape index (κ2) is 3.42. The molecule has 0 amide bonds. The van der Waals surface area contributed by atoms with Gasteiger partial charge in [-0.25, -0.2) is 4.98 Å². The van der Waals surface area contributed by atoms with Crippen molar-refractivity contribution in [1.82, 2.24) is 14.8 Å². The number of rotatable bonds is 2. The van der Waals surface area contributed by atoms with E-state index in [-0.39, 0.29) is 0 Å². The summed E-state index contributed by atoms with van der Waals surface area (Å²) in [5.41, 5.74) is 7.69. The minimum Gasteiger partial charge on any atom is -0.382 e. The normalized spacial score (nSPS) is 10.7. The van der Waals surface area contributed by atoms with Crippen molar-refractivity contribution in [2.45, 2.75) is 20.4 Å². The van der Waals surface area contributed by atoms with E-state index in [1.807, 2.05) is 30.0 Å². The molecule has 2 heterocycles. The van der Waals surface area contributed by atoms with Crippen molar-refractivity contribution in [1.29, 1.82) is 0 Å². The summed E-state index contributed by atoms with van der Waals surface area (Å²) in [4.78, 5) is 4.37. The molecule has 74 valence electrons. The van der Waals surface area contributed by atoms with E-state index < -0.39 is 0 Å². The lowest BCUT2D eigenvalue weighted by Gasteiger charge is -1.99. The summed E-state index contributed by atoms with van der Waals surface area (Å²) in [5.74, 6) is 0.564. The topological polar surface area (TPSA) is 56.7 Å². The number of aryl methyl sites for hydroxylation is 2. The van der Waals surface area contributed by atoms with Gasteiger partial charge in [0.2, 0.25) is 0 Å². The van der Waals surface area contributed by atoms with E-state index in [1.54, 1.807) is 11.3 Å². The maximum atomic E-state index is 5.59. The fourth-order valence-electron chi connectivity index (χ4n) is 1.33. The Labute approximate surface area is 86.4 Å². The van der Waals surface area contributed by atoms with Crippen LogP contribution in [-0.2, 0) is 6.54 Å². The third-order valence-corrected chi connectivity index (χ3v) is 2.80. The molecule has 0 unspecified atom stereocenters. The SMILES string of the molecule is Cc1nc(Cn2nc(N)cc2C)cs1. The zero-order chi connectivity index (χ0) is 10.1. The van der Waals surface area contributed by atoms with Gasteiger partial charge in [0.1, 0.15) is 5.82 Å². The fourth-order valence-corrected chi connectivity index (χ4v) is 1.93. The van der Waals surface area contributed by atoms with Crippen LogP contribution in [0.4, 0.5) is 5.82 Å². The van der Waals surface area contributed by atoms with Gasteiger partial charge >= 0.3 is 0 Å². The largest absolute Gasteiger partial charge is 0.382 e. The van der Waals surface area contributed by atoms with Crippen LogP contribution in [0.5, 0.6) is 0 Å². The highest BCUT2D eigenvalue weighted by Gasteiger charge is 2.04. The van der Waals surface area contributed by atoms with Crippen molar-refractivity contribution in [2.24, 2.45) is 0 Å². The van der Waals surface area contributed by atoms with Crippen LogP contribution >= 0.6 is 11.3 Å². The molecular weight excluding hydrogens is 196 g/mol. The molecule has 0 radical (unpaired) electrons. The molecule has 2 rings (SSSR count). The van der Waals surface area contributed by atoms with E-state index >= 15 is 0 Å². The maximum Gasteiger partial charge on any atom is 0.145 e. The molecule has 0 saturated heterocycles. The lowest BCUT2D eigenvalue weighted by molar-refractivity contribution is 0.657. The van der Waals surface area contributed by atoms with Crippen LogP contribution < -0.4 is 5.73 Å². The minimum atomic E-state index is 0.564. The van der Waals surface area contributed by atoms with Gasteiger partial charge in [0.15, 0.2) is 0 Å². The van der Waals surface area contributed by atoms with E-state index in [9.17, 15) is 0 Å². The average Bonchev–Trinajstić information content (AvgIpc) is 2.61. The Morgan fingerprint density at radius 2 is 2.29 bits per heavy atom. The first-order chi connectivity index (χ1) is 6.65. The highest BCUT2D eigenvalue weighted by Crippen LogP contribution is 2.11. The van der Waals surface area contributed by atoms with Crippen LogP contribution in [-0.4, -0.2) is 14.8 Å². The third-order valence-electron chi connectivity index (χ3n) is 1.98. The second-order valence-corrected chi connectivity index (χ2v) is 4.29. The molecule has 2 aromatic rings. The summed E-state index contributed by atoms with van der Waals surface area (Å²) in [6.07, 6.45) is 0. The molecule has 0 aliphatic heterocycles. The quantitative estimate of drug-likeness (QED) is 0.815. The van der Waals surface area contributed by atoms with Gasteiger partial charge in [0.25, 0.3) is 0 Å². The first kappa shape index (κ1) is 9.21. The minimum absolute atomic E-state index is 0.564. The van der Waals surface area contributed by atoms with Gasteiger partial charge in [0, 0.05) is 17.1 Å². The van der Waals surface area contributed by atoms with E-state index in [0.29, 0.717) is 12.4 Å². The predicted octanol–water partition coefficient (Wildman–Crippen LogP) is 1.59. The zero-order valence-corrected chi connectivity index (χ0v) is 9.01. The smallest absolute Gasteiger partial charge is 0.145 e. The Kier molecular flexibility index (Phi) is 2.25. The van der Waals surface area contributed by atoms with Gasteiger partial charge in [-0.2, -0.15) is 5.10 Å². The van der Waals surface area contributed by atoms with Crippen LogP contribution in [0.1, 0.15) is 16.4 Å². The summed E-state index contributed by atoms with van der Waals surface area (Å²) in [6.45, 7) is 4.69. The number of hydrogen-bond donors (Lipinski definition) is 1. The van der Waals surface area contributed by atoms with Crippen molar-refractivity contribution < 1.29 is 0 Å². The Morgan fingerprint density at radius 1 is 1.50 bits per heavy atom. The van der Waals surface area contributed by atoms with Crippen LogP contribution in [0.2, 0.25) is 0 Å². The fraction of sp³-hybridized carbons (Fsp3) is 0.333. The molecule has 4 nitrogen and oxygen atoms in total. The van der Waals surface area contributed by atoms with Crippen LogP contribution in [0.3, 0.4) is 0 Å². The molecule has 0 aliphatic rings. The lowest BCUT2D eigenvalue weighted by atomic mass is 10.4. The Hall–Kier alpha value is -1.36. The molecule has 0 atom stereocenters. The molecular formula is C9H12N4S. The summed E-state index contributed by atoms with van der Waals surface area (Å²) in [5, 5.41) is 7.30. The van der Waals surface area contributed by atoms with E-state index in [0.717, 1.165) is 16.4 Å². The predicted molar refractivity (Wildman–Crippen MR) is 57.3 cm³/mol. The van der Waals surface area contributed by atoms with Gasteiger partial charge < -0.3 is 5.73 Å². The van der Waals surface area contributed by atoms with Crippen molar-refractivity contribution in [3.05, 3.63) is 27.8 Å². The number of anilines is 1.